The van der Waals surface area contributed by atoms with Crippen LogP contribution in [0.5, 0.6) is 5.75 Å². The number of carbonyl (C=O) groups is 2. The molecule has 2 amide bonds. The fraction of sp³-hybridized carbons (Fsp3) is 0.480. The first-order chi connectivity index (χ1) is 17.2. The average Bonchev–Trinajstić information content (AvgIpc) is 3.40. The topological polar surface area (TPSA) is 93.4 Å². The first kappa shape index (κ1) is 24.7. The maximum Gasteiger partial charge on any atom is 0.271 e. The zero-order valence-corrected chi connectivity index (χ0v) is 22.4. The first-order valence-corrected chi connectivity index (χ1v) is 13.3. The van der Waals surface area contributed by atoms with E-state index >= 15 is 0 Å². The van der Waals surface area contributed by atoms with Crippen molar-refractivity contribution in [2.45, 2.75) is 52.1 Å². The van der Waals surface area contributed by atoms with Gasteiger partial charge in [0.25, 0.3) is 11.8 Å². The maximum absolute atomic E-state index is 13.6. The summed E-state index contributed by atoms with van der Waals surface area (Å²) in [5, 5.41) is 1.02. The Morgan fingerprint density at radius 1 is 1.14 bits per heavy atom. The number of pyridine rings is 1. The molecule has 0 spiro atoms. The molecule has 2 aliphatic heterocycles. The summed E-state index contributed by atoms with van der Waals surface area (Å²) in [5.74, 6) is 0.977. The molecular weight excluding hydrogens is 500 g/mol. The number of hydrogen-bond donors (Lipinski definition) is 0. The molecule has 9 nitrogen and oxygen atoms in total. The predicted octanol–water partition coefficient (Wildman–Crippen LogP) is 3.60. The van der Waals surface area contributed by atoms with Gasteiger partial charge in [0.15, 0.2) is 17.5 Å². The standard InChI is InChI=1S/C25H29ClN6O3S/c1-14-23(36-15(2)27-14)22-21-16(28-19-7-5-6-11-31(19)21)10-12-32(22)20(33)13-35-18-9-8-17(29-24(18)26)25(34)30(3)4/h8-9,22H,5-7,10-13H2,1-4H3. The highest BCUT2D eigenvalue weighted by Crippen LogP contribution is 2.41. The van der Waals surface area contributed by atoms with Crippen LogP contribution in [0.1, 0.15) is 62.2 Å². The van der Waals surface area contributed by atoms with Crippen LogP contribution >= 0.6 is 22.9 Å². The van der Waals surface area contributed by atoms with Crippen molar-refractivity contribution in [3.63, 3.8) is 0 Å². The average molecular weight is 529 g/mol. The molecule has 0 bridgehead atoms. The van der Waals surface area contributed by atoms with Gasteiger partial charge < -0.3 is 19.1 Å². The van der Waals surface area contributed by atoms with E-state index in [-0.39, 0.29) is 41.1 Å². The van der Waals surface area contributed by atoms with E-state index < -0.39 is 0 Å². The number of amides is 2. The van der Waals surface area contributed by atoms with E-state index in [9.17, 15) is 9.59 Å². The minimum absolute atomic E-state index is 0.0479. The van der Waals surface area contributed by atoms with E-state index in [4.69, 9.17) is 21.3 Å². The molecule has 0 saturated heterocycles. The van der Waals surface area contributed by atoms with Crippen LogP contribution in [0.4, 0.5) is 0 Å². The van der Waals surface area contributed by atoms with Crippen molar-refractivity contribution in [2.24, 2.45) is 0 Å². The Bertz CT molecular complexity index is 1330. The van der Waals surface area contributed by atoms with Gasteiger partial charge in [0.05, 0.1) is 27.0 Å². The van der Waals surface area contributed by atoms with E-state index in [1.807, 2.05) is 18.7 Å². The lowest BCUT2D eigenvalue weighted by Gasteiger charge is -2.36. The number of hydrogen-bond acceptors (Lipinski definition) is 7. The fourth-order valence-corrected chi connectivity index (χ4v) is 6.24. The molecule has 0 fully saturated rings. The Kier molecular flexibility index (Phi) is 6.74. The van der Waals surface area contributed by atoms with Crippen molar-refractivity contribution in [1.29, 1.82) is 0 Å². The Morgan fingerprint density at radius 3 is 2.64 bits per heavy atom. The van der Waals surface area contributed by atoms with Gasteiger partial charge in [-0.15, -0.1) is 11.3 Å². The molecule has 0 N–H and O–H groups in total. The molecule has 11 heteroatoms. The number of ether oxygens (including phenoxy) is 1. The zero-order valence-electron chi connectivity index (χ0n) is 20.9. The number of aryl methyl sites for hydroxylation is 3. The second-order valence-electron chi connectivity index (χ2n) is 9.36. The monoisotopic (exact) mass is 528 g/mol. The lowest BCUT2D eigenvalue weighted by atomic mass is 9.99. The van der Waals surface area contributed by atoms with Crippen molar-refractivity contribution < 1.29 is 14.3 Å². The van der Waals surface area contributed by atoms with Crippen molar-refractivity contribution in [1.82, 2.24) is 29.3 Å². The summed E-state index contributed by atoms with van der Waals surface area (Å²) < 4.78 is 8.12. The summed E-state index contributed by atoms with van der Waals surface area (Å²) in [6.07, 6.45) is 3.93. The Hall–Kier alpha value is -2.98. The van der Waals surface area contributed by atoms with Gasteiger partial charge in [-0.05, 0) is 38.8 Å². The third kappa shape index (κ3) is 4.48. The van der Waals surface area contributed by atoms with Crippen molar-refractivity contribution in [2.75, 3.05) is 27.2 Å². The Labute approximate surface area is 219 Å². The van der Waals surface area contributed by atoms with Crippen LogP contribution in [-0.4, -0.2) is 68.4 Å². The van der Waals surface area contributed by atoms with Gasteiger partial charge in [0.2, 0.25) is 0 Å². The third-order valence-electron chi connectivity index (χ3n) is 6.65. The van der Waals surface area contributed by atoms with E-state index in [0.29, 0.717) is 13.0 Å². The second-order valence-corrected chi connectivity index (χ2v) is 11.0. The normalized spacial score (nSPS) is 16.9. The molecule has 1 unspecified atom stereocenters. The molecule has 190 valence electrons. The highest BCUT2D eigenvalue weighted by Gasteiger charge is 2.39. The molecule has 0 aliphatic carbocycles. The molecule has 36 heavy (non-hydrogen) atoms. The number of carbonyl (C=O) groups excluding carboxylic acids is 2. The van der Waals surface area contributed by atoms with Gasteiger partial charge in [0, 0.05) is 40.0 Å². The first-order valence-electron chi connectivity index (χ1n) is 12.1. The van der Waals surface area contributed by atoms with Crippen LogP contribution in [-0.2, 0) is 24.2 Å². The highest BCUT2D eigenvalue weighted by atomic mass is 35.5. The van der Waals surface area contributed by atoms with Gasteiger partial charge in [-0.25, -0.2) is 15.0 Å². The largest absolute Gasteiger partial charge is 0.481 e. The number of thiazole rings is 1. The van der Waals surface area contributed by atoms with Gasteiger partial charge >= 0.3 is 0 Å². The van der Waals surface area contributed by atoms with Crippen molar-refractivity contribution >= 4 is 34.8 Å². The number of aromatic nitrogens is 4. The lowest BCUT2D eigenvalue weighted by Crippen LogP contribution is -2.43. The molecule has 1 atom stereocenters. The molecule has 5 rings (SSSR count). The summed E-state index contributed by atoms with van der Waals surface area (Å²) in [7, 11) is 3.29. The minimum Gasteiger partial charge on any atom is -0.481 e. The van der Waals surface area contributed by atoms with Gasteiger partial charge in [-0.3, -0.25) is 9.59 Å². The SMILES string of the molecule is Cc1nc(C)c(C2c3c(nc4n3CCCC4)CCN2C(=O)COc2ccc(C(=O)N(C)C)nc2Cl)s1. The third-order valence-corrected chi connectivity index (χ3v) is 8.05. The molecule has 0 aromatic carbocycles. The quantitative estimate of drug-likeness (QED) is 0.470. The number of fused-ring (bicyclic) bond motifs is 3. The Balaban J connectivity index is 1.42. The molecule has 5 heterocycles. The van der Waals surface area contributed by atoms with Crippen LogP contribution < -0.4 is 4.74 Å². The second kappa shape index (κ2) is 9.82. The van der Waals surface area contributed by atoms with Crippen molar-refractivity contribution in [3.05, 3.63) is 55.8 Å². The number of imidazole rings is 1. The van der Waals surface area contributed by atoms with Gasteiger partial charge in [0.1, 0.15) is 17.6 Å². The predicted molar refractivity (Wildman–Crippen MR) is 137 cm³/mol. The lowest BCUT2D eigenvalue weighted by molar-refractivity contribution is -0.135. The van der Waals surface area contributed by atoms with Crippen LogP contribution in [0.25, 0.3) is 0 Å². The molecule has 3 aromatic rings. The number of halogens is 1. The molecule has 3 aromatic heterocycles. The van der Waals surface area contributed by atoms with E-state index in [0.717, 1.165) is 58.6 Å². The number of rotatable bonds is 5. The zero-order chi connectivity index (χ0) is 25.6. The summed E-state index contributed by atoms with van der Waals surface area (Å²) in [5.41, 5.74) is 3.35. The van der Waals surface area contributed by atoms with Crippen LogP contribution in [0.3, 0.4) is 0 Å². The van der Waals surface area contributed by atoms with Crippen LogP contribution in [0.15, 0.2) is 12.1 Å². The summed E-state index contributed by atoms with van der Waals surface area (Å²) in [6.45, 7) is 5.28. The van der Waals surface area contributed by atoms with Gasteiger partial charge in [-0.1, -0.05) is 11.6 Å². The summed E-state index contributed by atoms with van der Waals surface area (Å²) in [4.78, 5) is 43.9. The van der Waals surface area contributed by atoms with E-state index in [2.05, 4.69) is 14.5 Å². The summed E-state index contributed by atoms with van der Waals surface area (Å²) >= 11 is 7.91. The van der Waals surface area contributed by atoms with E-state index in [1.54, 1.807) is 37.6 Å². The molecular formula is C25H29ClN6O3S. The number of nitrogens with zero attached hydrogens (tertiary/aromatic N) is 6. The maximum atomic E-state index is 13.6. The van der Waals surface area contributed by atoms with Crippen LogP contribution in [0.2, 0.25) is 5.15 Å². The molecule has 2 aliphatic rings. The highest BCUT2D eigenvalue weighted by molar-refractivity contribution is 7.11. The molecule has 0 saturated carbocycles. The van der Waals surface area contributed by atoms with Crippen molar-refractivity contribution in [3.8, 4) is 5.75 Å². The van der Waals surface area contributed by atoms with E-state index in [1.165, 1.54) is 4.90 Å². The smallest absolute Gasteiger partial charge is 0.271 e. The Morgan fingerprint density at radius 2 is 1.94 bits per heavy atom. The fourth-order valence-electron chi connectivity index (χ4n) is 4.99. The van der Waals surface area contributed by atoms with Gasteiger partial charge in [-0.2, -0.15) is 0 Å². The minimum atomic E-state index is -0.258. The summed E-state index contributed by atoms with van der Waals surface area (Å²) in [6, 6.07) is 2.88. The van der Waals surface area contributed by atoms with Crippen LogP contribution in [0, 0.1) is 13.8 Å². The molecule has 0 radical (unpaired) electrons.